The van der Waals surface area contributed by atoms with Gasteiger partial charge in [-0.25, -0.2) is 0 Å². The molecule has 0 bridgehead atoms. The number of fused-ring (bicyclic) bond motifs is 2. The highest BCUT2D eigenvalue weighted by Gasteiger charge is 2.22. The fourth-order valence-corrected chi connectivity index (χ4v) is 15.8. The molecule has 0 radical (unpaired) electrons. The Morgan fingerprint density at radius 2 is 0.683 bits per heavy atom. The summed E-state index contributed by atoms with van der Waals surface area (Å²) in [7, 11) is 0. The molecule has 0 saturated carbocycles. The van der Waals surface area contributed by atoms with Gasteiger partial charge in [-0.1, -0.05) is 190 Å². The summed E-state index contributed by atoms with van der Waals surface area (Å²) in [6.07, 6.45) is 27.7. The highest BCUT2D eigenvalue weighted by atomic mass is 32.2. The van der Waals surface area contributed by atoms with Crippen molar-refractivity contribution >= 4 is 89.0 Å². The van der Waals surface area contributed by atoms with Gasteiger partial charge in [-0.05, 0) is 71.9 Å². The van der Waals surface area contributed by atoms with Crippen LogP contribution in [-0.2, 0) is 0 Å². The number of rotatable bonds is 28. The standard InChI is InChI=1S/C54H66S6/c1-3-5-7-9-11-13-15-17-19-27-37-55-51-43-39-50-44(40-49(43)59-53(51)47-35-33-45(57-47)41-29-23-21-24-30-41)52(56-38-28-20-18-16-14-12-10-8-6-4-2)54(60-50)48-36-34-46(58-48)42-31-25-22-26-32-42/h21-26,29-36,39-40H,3-20,27-28,37-38H2,1-2H3. The lowest BCUT2D eigenvalue weighted by molar-refractivity contribution is 0.563. The van der Waals surface area contributed by atoms with Crippen LogP contribution in [0.5, 0.6) is 0 Å². The number of unbranched alkanes of at least 4 members (excludes halogenated alkanes) is 18. The quantitative estimate of drug-likeness (QED) is 0.0355. The highest BCUT2D eigenvalue weighted by Crippen LogP contribution is 2.53. The predicted octanol–water partition coefficient (Wildman–Crippen LogP) is 20.9. The second-order valence-electron chi connectivity index (χ2n) is 16.5. The lowest BCUT2D eigenvalue weighted by atomic mass is 10.1. The van der Waals surface area contributed by atoms with Crippen LogP contribution in [0, 0.1) is 0 Å². The molecule has 0 aliphatic rings. The SMILES string of the molecule is CCCCCCCCCCCCSc1c(-c2ccc(-c3ccccc3)s2)sc2cc3c(SCCCCCCCCCCCC)c(-c4ccc(-c5ccccc5)s4)sc3cc12. The Balaban J connectivity index is 1.12. The normalized spacial score (nSPS) is 11.8. The maximum atomic E-state index is 2.59. The largest absolute Gasteiger partial charge is 0.134 e. The smallest absolute Gasteiger partial charge is 0.0591 e. The van der Waals surface area contributed by atoms with Crippen LogP contribution in [0.1, 0.15) is 142 Å². The molecule has 0 unspecified atom stereocenters. The second kappa shape index (κ2) is 25.1. The number of thiophene rings is 4. The average molecular weight is 908 g/mol. The molecule has 0 saturated heterocycles. The van der Waals surface area contributed by atoms with Crippen LogP contribution in [0.15, 0.2) is 107 Å². The summed E-state index contributed by atoms with van der Waals surface area (Å²) >= 11 is 12.2. The molecular weight excluding hydrogens is 841 g/mol. The van der Waals surface area contributed by atoms with Gasteiger partial charge in [-0.15, -0.1) is 68.9 Å². The van der Waals surface area contributed by atoms with Crippen molar-refractivity contribution in [2.24, 2.45) is 0 Å². The summed E-state index contributed by atoms with van der Waals surface area (Å²) in [5.41, 5.74) is 2.63. The Bertz CT molecular complexity index is 2110. The summed E-state index contributed by atoms with van der Waals surface area (Å²) in [6.45, 7) is 4.62. The van der Waals surface area contributed by atoms with Gasteiger partial charge in [0, 0.05) is 49.5 Å². The highest BCUT2D eigenvalue weighted by molar-refractivity contribution is 8.00. The van der Waals surface area contributed by atoms with Crippen molar-refractivity contribution < 1.29 is 0 Å². The molecule has 0 aliphatic heterocycles. The van der Waals surface area contributed by atoms with Crippen LogP contribution in [0.25, 0.3) is 60.6 Å². The molecule has 318 valence electrons. The van der Waals surface area contributed by atoms with E-state index in [1.165, 1.54) is 210 Å². The van der Waals surface area contributed by atoms with Crippen LogP contribution >= 0.6 is 68.9 Å². The Morgan fingerprint density at radius 3 is 1.05 bits per heavy atom. The lowest BCUT2D eigenvalue weighted by Crippen LogP contribution is -1.85. The van der Waals surface area contributed by atoms with Crippen molar-refractivity contribution in [2.45, 2.75) is 152 Å². The third kappa shape index (κ3) is 12.9. The van der Waals surface area contributed by atoms with E-state index in [0.29, 0.717) is 0 Å². The van der Waals surface area contributed by atoms with Gasteiger partial charge in [0.1, 0.15) is 0 Å². The summed E-state index contributed by atoms with van der Waals surface area (Å²) < 4.78 is 2.89. The molecule has 0 nitrogen and oxygen atoms in total. The Morgan fingerprint density at radius 1 is 0.350 bits per heavy atom. The Labute approximate surface area is 387 Å². The summed E-state index contributed by atoms with van der Waals surface area (Å²) in [5, 5.41) is 2.92. The average Bonchev–Trinajstić information content (AvgIpc) is 4.10. The van der Waals surface area contributed by atoms with E-state index in [2.05, 4.69) is 134 Å². The summed E-state index contributed by atoms with van der Waals surface area (Å²) in [4.78, 5) is 11.5. The van der Waals surface area contributed by atoms with Crippen LogP contribution in [0.3, 0.4) is 0 Å². The first kappa shape index (κ1) is 45.7. The van der Waals surface area contributed by atoms with E-state index in [4.69, 9.17) is 0 Å². The van der Waals surface area contributed by atoms with Crippen LogP contribution < -0.4 is 0 Å². The minimum Gasteiger partial charge on any atom is -0.134 e. The molecule has 3 aromatic carbocycles. The molecule has 4 aromatic heterocycles. The van der Waals surface area contributed by atoms with Gasteiger partial charge in [0.2, 0.25) is 0 Å². The van der Waals surface area contributed by atoms with Crippen molar-refractivity contribution in [3.05, 3.63) is 97.1 Å². The maximum Gasteiger partial charge on any atom is 0.0591 e. The summed E-state index contributed by atoms with van der Waals surface area (Å²) in [6, 6.07) is 36.5. The number of thioether (sulfide) groups is 2. The molecule has 6 heteroatoms. The van der Waals surface area contributed by atoms with Crippen molar-refractivity contribution in [1.82, 2.24) is 0 Å². The first-order valence-corrected chi connectivity index (χ1v) is 28.6. The van der Waals surface area contributed by atoms with Gasteiger partial charge in [0.15, 0.2) is 0 Å². The van der Waals surface area contributed by atoms with Crippen LogP contribution in [-0.4, -0.2) is 11.5 Å². The van der Waals surface area contributed by atoms with E-state index in [-0.39, 0.29) is 0 Å². The zero-order chi connectivity index (χ0) is 41.2. The van der Waals surface area contributed by atoms with E-state index < -0.39 is 0 Å². The molecule has 0 aliphatic carbocycles. The van der Waals surface area contributed by atoms with Gasteiger partial charge in [0.25, 0.3) is 0 Å². The first-order valence-electron chi connectivity index (χ1n) is 23.3. The van der Waals surface area contributed by atoms with Crippen molar-refractivity contribution in [1.29, 1.82) is 0 Å². The Kier molecular flexibility index (Phi) is 19.1. The molecule has 4 heterocycles. The predicted molar refractivity (Wildman–Crippen MR) is 280 cm³/mol. The van der Waals surface area contributed by atoms with E-state index in [0.717, 1.165) is 0 Å². The van der Waals surface area contributed by atoms with Crippen molar-refractivity contribution in [3.8, 4) is 40.4 Å². The lowest BCUT2D eigenvalue weighted by Gasteiger charge is -2.06. The number of hydrogen-bond donors (Lipinski definition) is 0. The maximum absolute atomic E-state index is 2.59. The van der Waals surface area contributed by atoms with Crippen LogP contribution in [0.4, 0.5) is 0 Å². The molecule has 0 N–H and O–H groups in total. The minimum absolute atomic E-state index is 1.19. The fraction of sp³-hybridized carbons (Fsp3) is 0.444. The summed E-state index contributed by atoms with van der Waals surface area (Å²) in [5.74, 6) is 2.38. The number of hydrogen-bond acceptors (Lipinski definition) is 6. The van der Waals surface area contributed by atoms with E-state index >= 15 is 0 Å². The van der Waals surface area contributed by atoms with Gasteiger partial charge < -0.3 is 0 Å². The third-order valence-electron chi connectivity index (χ3n) is 11.7. The molecule has 7 aromatic rings. The van der Waals surface area contributed by atoms with Crippen LogP contribution in [0.2, 0.25) is 0 Å². The monoisotopic (exact) mass is 906 g/mol. The minimum atomic E-state index is 1.19. The van der Waals surface area contributed by atoms with Crippen molar-refractivity contribution in [3.63, 3.8) is 0 Å². The molecule has 0 fully saturated rings. The number of benzene rings is 3. The molecular formula is C54H66S6. The van der Waals surface area contributed by atoms with E-state index in [1.807, 2.05) is 45.3 Å². The fourth-order valence-electron chi connectivity index (χ4n) is 8.21. The van der Waals surface area contributed by atoms with E-state index in [9.17, 15) is 0 Å². The topological polar surface area (TPSA) is 0 Å². The molecule has 0 spiro atoms. The second-order valence-corrected chi connectivity index (χ2v) is 23.0. The Hall–Kier alpha value is -2.32. The van der Waals surface area contributed by atoms with Gasteiger partial charge in [-0.3, -0.25) is 0 Å². The zero-order valence-electron chi connectivity index (χ0n) is 36.2. The van der Waals surface area contributed by atoms with Gasteiger partial charge in [0.05, 0.1) is 9.75 Å². The van der Waals surface area contributed by atoms with E-state index in [1.54, 1.807) is 0 Å². The zero-order valence-corrected chi connectivity index (χ0v) is 41.1. The van der Waals surface area contributed by atoms with Gasteiger partial charge >= 0.3 is 0 Å². The third-order valence-corrected chi connectivity index (χ3v) is 19.3. The van der Waals surface area contributed by atoms with Crippen molar-refractivity contribution in [2.75, 3.05) is 11.5 Å². The molecule has 0 atom stereocenters. The first-order chi connectivity index (χ1) is 29.7. The molecule has 0 amide bonds. The van der Waals surface area contributed by atoms with Gasteiger partial charge in [-0.2, -0.15) is 0 Å². The molecule has 7 rings (SSSR count). The molecule has 60 heavy (non-hydrogen) atoms.